The summed E-state index contributed by atoms with van der Waals surface area (Å²) in [5.41, 5.74) is 0.0123. The number of amides is 1. The molecule has 0 saturated heterocycles. The van der Waals surface area contributed by atoms with Crippen LogP contribution in [0, 0.1) is 16.0 Å². The number of aliphatic carboxylic acids is 1. The molecule has 8 heteroatoms. The highest BCUT2D eigenvalue weighted by Gasteiger charge is 2.16. The van der Waals surface area contributed by atoms with Crippen molar-refractivity contribution in [2.75, 3.05) is 6.54 Å². The van der Waals surface area contributed by atoms with E-state index in [-0.39, 0.29) is 11.3 Å². The lowest BCUT2D eigenvalue weighted by atomic mass is 10.1. The van der Waals surface area contributed by atoms with E-state index in [1.807, 2.05) is 0 Å². The van der Waals surface area contributed by atoms with Gasteiger partial charge in [0.2, 0.25) is 0 Å². The molecule has 0 spiro atoms. The monoisotopic (exact) mass is 358 g/mol. The fourth-order valence-electron chi connectivity index (χ4n) is 1.63. The molecule has 2 N–H and O–H groups in total. The second-order valence-corrected chi connectivity index (χ2v) is 5.42. The zero-order chi connectivity index (χ0) is 16.0. The van der Waals surface area contributed by atoms with E-state index in [0.29, 0.717) is 23.9 Å². The molecular weight excluding hydrogens is 344 g/mol. The van der Waals surface area contributed by atoms with E-state index in [1.54, 1.807) is 6.92 Å². The predicted molar refractivity (Wildman–Crippen MR) is 79.2 cm³/mol. The van der Waals surface area contributed by atoms with Crippen LogP contribution in [0.1, 0.15) is 30.1 Å². The number of nitro benzene ring substituents is 1. The molecule has 0 aromatic heterocycles. The van der Waals surface area contributed by atoms with Crippen LogP contribution in [0.2, 0.25) is 0 Å². The summed E-state index contributed by atoms with van der Waals surface area (Å²) in [6.45, 7) is 1.92. The van der Waals surface area contributed by atoms with Crippen molar-refractivity contribution in [3.8, 4) is 0 Å². The predicted octanol–water partition coefficient (Wildman–Crippen LogP) is 2.59. The quantitative estimate of drug-likeness (QED) is 0.442. The number of nitrogens with one attached hydrogen (secondary N) is 1. The van der Waals surface area contributed by atoms with Crippen molar-refractivity contribution in [2.24, 2.45) is 5.92 Å². The molecule has 1 rings (SSSR count). The van der Waals surface area contributed by atoms with Crippen molar-refractivity contribution in [2.45, 2.75) is 19.8 Å². The van der Waals surface area contributed by atoms with E-state index < -0.39 is 22.7 Å². The van der Waals surface area contributed by atoms with Crippen molar-refractivity contribution in [1.82, 2.24) is 5.32 Å². The Morgan fingerprint density at radius 1 is 1.48 bits per heavy atom. The fourth-order valence-corrected chi connectivity index (χ4v) is 2.02. The molecule has 1 atom stereocenters. The topological polar surface area (TPSA) is 110 Å². The molecule has 0 fully saturated rings. The zero-order valence-corrected chi connectivity index (χ0v) is 12.9. The van der Waals surface area contributed by atoms with Gasteiger partial charge in [0.1, 0.15) is 0 Å². The van der Waals surface area contributed by atoms with Gasteiger partial charge in [0.15, 0.2) is 0 Å². The first kappa shape index (κ1) is 17.1. The molecule has 0 aliphatic rings. The summed E-state index contributed by atoms with van der Waals surface area (Å²) in [5.74, 6) is -1.76. The number of benzene rings is 1. The van der Waals surface area contributed by atoms with Crippen molar-refractivity contribution in [3.63, 3.8) is 0 Å². The van der Waals surface area contributed by atoms with Gasteiger partial charge in [0, 0.05) is 18.2 Å². The summed E-state index contributed by atoms with van der Waals surface area (Å²) in [5, 5.41) is 22.1. The van der Waals surface area contributed by atoms with Gasteiger partial charge < -0.3 is 10.4 Å². The standard InChI is InChI=1S/C13H15BrN2O5/c1-8(13(18)19)3-2-6-15-12(17)9-4-5-10(14)11(7-9)16(20)21/h4-5,7-8H,2-3,6H2,1H3,(H,15,17)(H,18,19). The molecule has 0 radical (unpaired) electrons. The highest BCUT2D eigenvalue weighted by molar-refractivity contribution is 9.10. The molecule has 21 heavy (non-hydrogen) atoms. The van der Waals surface area contributed by atoms with Gasteiger partial charge in [-0.3, -0.25) is 19.7 Å². The van der Waals surface area contributed by atoms with Crippen molar-refractivity contribution in [3.05, 3.63) is 38.3 Å². The number of nitrogens with zero attached hydrogens (tertiary/aromatic N) is 1. The van der Waals surface area contributed by atoms with Gasteiger partial charge in [0.25, 0.3) is 11.6 Å². The van der Waals surface area contributed by atoms with Crippen molar-refractivity contribution in [1.29, 1.82) is 0 Å². The minimum Gasteiger partial charge on any atom is -0.481 e. The molecule has 0 aliphatic heterocycles. The molecule has 1 aromatic carbocycles. The van der Waals surface area contributed by atoms with Crippen LogP contribution in [-0.4, -0.2) is 28.5 Å². The molecule has 1 unspecified atom stereocenters. The Hall–Kier alpha value is -1.96. The maximum Gasteiger partial charge on any atom is 0.306 e. The van der Waals surface area contributed by atoms with Crippen LogP contribution in [0.4, 0.5) is 5.69 Å². The number of rotatable bonds is 7. The Bertz CT molecular complexity index is 561. The summed E-state index contributed by atoms with van der Waals surface area (Å²) >= 11 is 3.04. The molecule has 0 aliphatic carbocycles. The van der Waals surface area contributed by atoms with Crippen LogP contribution >= 0.6 is 15.9 Å². The van der Waals surface area contributed by atoms with Crippen molar-refractivity contribution >= 4 is 33.5 Å². The number of carbonyl (C=O) groups is 2. The maximum absolute atomic E-state index is 11.8. The van der Waals surface area contributed by atoms with Crippen LogP contribution in [0.3, 0.4) is 0 Å². The van der Waals surface area contributed by atoms with Gasteiger partial charge in [-0.05, 0) is 40.9 Å². The molecule has 1 amide bonds. The van der Waals surface area contributed by atoms with Crippen LogP contribution in [0.15, 0.2) is 22.7 Å². The lowest BCUT2D eigenvalue weighted by Gasteiger charge is -2.07. The number of hydrogen-bond donors (Lipinski definition) is 2. The molecule has 114 valence electrons. The number of carbonyl (C=O) groups excluding carboxylic acids is 1. The Balaban J connectivity index is 2.55. The Kier molecular flexibility index (Phi) is 6.29. The molecule has 1 aromatic rings. The van der Waals surface area contributed by atoms with E-state index in [0.717, 1.165) is 0 Å². The second-order valence-electron chi connectivity index (χ2n) is 4.56. The minimum absolute atomic E-state index is 0.179. The largest absolute Gasteiger partial charge is 0.481 e. The van der Waals surface area contributed by atoms with E-state index in [1.165, 1.54) is 18.2 Å². The average Bonchev–Trinajstić information content (AvgIpc) is 2.43. The number of nitro groups is 1. The van der Waals surface area contributed by atoms with Gasteiger partial charge >= 0.3 is 5.97 Å². The number of carboxylic acids is 1. The van der Waals surface area contributed by atoms with E-state index in [9.17, 15) is 19.7 Å². The van der Waals surface area contributed by atoms with Gasteiger partial charge in [-0.2, -0.15) is 0 Å². The summed E-state index contributed by atoms with van der Waals surface area (Å²) in [6.07, 6.45) is 0.980. The first-order valence-corrected chi connectivity index (χ1v) is 7.07. The van der Waals surface area contributed by atoms with Gasteiger partial charge in [-0.25, -0.2) is 0 Å². The van der Waals surface area contributed by atoms with E-state index in [2.05, 4.69) is 21.2 Å². The third-order valence-corrected chi connectivity index (χ3v) is 3.60. The van der Waals surface area contributed by atoms with E-state index >= 15 is 0 Å². The first-order chi connectivity index (χ1) is 9.82. The summed E-state index contributed by atoms with van der Waals surface area (Å²) < 4.78 is 0.305. The lowest BCUT2D eigenvalue weighted by Crippen LogP contribution is -2.25. The molecule has 0 heterocycles. The van der Waals surface area contributed by atoms with Gasteiger partial charge in [-0.15, -0.1) is 0 Å². The second kappa shape index (κ2) is 7.72. The number of carboxylic acid groups (broad SMARTS) is 1. The smallest absolute Gasteiger partial charge is 0.306 e. The van der Waals surface area contributed by atoms with E-state index in [4.69, 9.17) is 5.11 Å². The zero-order valence-electron chi connectivity index (χ0n) is 11.3. The maximum atomic E-state index is 11.8. The third-order valence-electron chi connectivity index (χ3n) is 2.93. The number of hydrogen-bond acceptors (Lipinski definition) is 4. The molecular formula is C13H15BrN2O5. The van der Waals surface area contributed by atoms with Gasteiger partial charge in [0.05, 0.1) is 15.3 Å². The number of halogens is 1. The average molecular weight is 359 g/mol. The van der Waals surface area contributed by atoms with Crippen molar-refractivity contribution < 1.29 is 19.6 Å². The summed E-state index contributed by atoms with van der Waals surface area (Å²) in [6, 6.07) is 4.12. The van der Waals surface area contributed by atoms with Crippen LogP contribution in [0.5, 0.6) is 0 Å². The third kappa shape index (κ3) is 5.14. The minimum atomic E-state index is -0.870. The SMILES string of the molecule is CC(CCCNC(=O)c1ccc(Br)c([N+](=O)[O-])c1)C(=O)O. The Morgan fingerprint density at radius 2 is 2.14 bits per heavy atom. The first-order valence-electron chi connectivity index (χ1n) is 6.28. The normalized spacial score (nSPS) is 11.7. The Labute approximate surface area is 129 Å². The fraction of sp³-hybridized carbons (Fsp3) is 0.385. The Morgan fingerprint density at radius 3 is 2.71 bits per heavy atom. The molecule has 0 saturated carbocycles. The molecule has 7 nitrogen and oxygen atoms in total. The summed E-state index contributed by atoms with van der Waals surface area (Å²) in [4.78, 5) is 32.7. The van der Waals surface area contributed by atoms with Gasteiger partial charge in [-0.1, -0.05) is 6.92 Å². The summed E-state index contributed by atoms with van der Waals surface area (Å²) in [7, 11) is 0. The highest BCUT2D eigenvalue weighted by atomic mass is 79.9. The van der Waals surface area contributed by atoms with Crippen LogP contribution in [-0.2, 0) is 4.79 Å². The highest BCUT2D eigenvalue weighted by Crippen LogP contribution is 2.25. The lowest BCUT2D eigenvalue weighted by molar-refractivity contribution is -0.385. The van der Waals surface area contributed by atoms with Crippen LogP contribution < -0.4 is 5.32 Å². The van der Waals surface area contributed by atoms with Crippen LogP contribution in [0.25, 0.3) is 0 Å². The molecule has 0 bridgehead atoms.